The summed E-state index contributed by atoms with van der Waals surface area (Å²) in [5.74, 6) is 0.168. The number of benzene rings is 3. The maximum absolute atomic E-state index is 13.0. The molecule has 1 saturated heterocycles. The first kappa shape index (κ1) is 21.3. The van der Waals surface area contributed by atoms with Crippen LogP contribution in [0.4, 0.5) is 0 Å². The number of carbonyl (C=O) groups excluding carboxylic acids is 2. The molecule has 4 rings (SSSR count). The van der Waals surface area contributed by atoms with Gasteiger partial charge in [-0.1, -0.05) is 53.6 Å². The van der Waals surface area contributed by atoms with E-state index >= 15 is 0 Å². The number of hydrazine groups is 1. The van der Waals surface area contributed by atoms with E-state index in [4.69, 9.17) is 4.74 Å². The van der Waals surface area contributed by atoms with E-state index in [-0.39, 0.29) is 11.8 Å². The molecule has 0 radical (unpaired) electrons. The molecule has 162 valence electrons. The summed E-state index contributed by atoms with van der Waals surface area (Å²) in [5.41, 5.74) is 7.39. The third kappa shape index (κ3) is 4.54. The Kier molecular flexibility index (Phi) is 6.03. The van der Waals surface area contributed by atoms with E-state index in [1.165, 1.54) is 0 Å². The first-order valence-electron chi connectivity index (χ1n) is 10.5. The third-order valence-electron chi connectivity index (χ3n) is 5.54. The van der Waals surface area contributed by atoms with Gasteiger partial charge in [0.1, 0.15) is 5.75 Å². The van der Waals surface area contributed by atoms with Crippen molar-refractivity contribution in [3.05, 3.63) is 101 Å². The van der Waals surface area contributed by atoms with Gasteiger partial charge in [0, 0.05) is 16.7 Å². The highest BCUT2D eigenvalue weighted by molar-refractivity contribution is 5.98. The van der Waals surface area contributed by atoms with Gasteiger partial charge in [-0.25, -0.2) is 0 Å². The van der Waals surface area contributed by atoms with Crippen molar-refractivity contribution in [1.29, 1.82) is 0 Å². The summed E-state index contributed by atoms with van der Waals surface area (Å²) in [6, 6.07) is 21.6. The molecule has 1 aliphatic heterocycles. The quantitative estimate of drug-likeness (QED) is 0.613. The smallest absolute Gasteiger partial charge is 0.304 e. The SMILES string of the molecule is COc1cccc(/C=[N+]2\NC(=O)[C@H](NC(=O)c3ccc(C)cc3)[C@H]2c2ccc(C)cc2)c1. The number of nitrogens with zero attached hydrogens (tertiary/aromatic N) is 1. The van der Waals surface area contributed by atoms with Crippen LogP contribution in [0, 0.1) is 13.8 Å². The normalized spacial score (nSPS) is 19.0. The molecule has 0 saturated carbocycles. The molecular formula is C26H26N3O3+. The van der Waals surface area contributed by atoms with E-state index in [1.807, 2.05) is 80.7 Å². The van der Waals surface area contributed by atoms with Gasteiger partial charge in [0.25, 0.3) is 5.91 Å². The number of hydrazone groups is 1. The number of hydrogen-bond donors (Lipinski definition) is 2. The zero-order valence-corrected chi connectivity index (χ0v) is 18.3. The summed E-state index contributed by atoms with van der Waals surface area (Å²) in [4.78, 5) is 25.9. The Morgan fingerprint density at radius 3 is 2.31 bits per heavy atom. The van der Waals surface area contributed by atoms with Crippen molar-refractivity contribution in [1.82, 2.24) is 10.7 Å². The Balaban J connectivity index is 1.70. The van der Waals surface area contributed by atoms with Crippen LogP contribution in [0.15, 0.2) is 72.8 Å². The second kappa shape index (κ2) is 9.06. The lowest BCUT2D eigenvalue weighted by Gasteiger charge is -2.15. The van der Waals surface area contributed by atoms with Crippen molar-refractivity contribution in [3.63, 3.8) is 0 Å². The monoisotopic (exact) mass is 428 g/mol. The molecule has 0 aliphatic carbocycles. The average molecular weight is 429 g/mol. The van der Waals surface area contributed by atoms with Gasteiger partial charge in [-0.15, -0.1) is 10.1 Å². The number of rotatable bonds is 5. The molecule has 1 fully saturated rings. The van der Waals surface area contributed by atoms with E-state index in [1.54, 1.807) is 23.9 Å². The van der Waals surface area contributed by atoms with Crippen molar-refractivity contribution in [2.75, 3.05) is 7.11 Å². The zero-order valence-electron chi connectivity index (χ0n) is 18.3. The minimum Gasteiger partial charge on any atom is -0.497 e. The lowest BCUT2D eigenvalue weighted by Crippen LogP contribution is -2.42. The number of carbonyl (C=O) groups is 2. The molecule has 6 heteroatoms. The van der Waals surface area contributed by atoms with Crippen LogP contribution in [0.5, 0.6) is 5.75 Å². The van der Waals surface area contributed by atoms with Crippen LogP contribution >= 0.6 is 0 Å². The van der Waals surface area contributed by atoms with Crippen molar-refractivity contribution < 1.29 is 19.0 Å². The van der Waals surface area contributed by atoms with Gasteiger partial charge in [0.15, 0.2) is 6.04 Å². The van der Waals surface area contributed by atoms with E-state index in [0.717, 1.165) is 28.0 Å². The van der Waals surface area contributed by atoms with Crippen molar-refractivity contribution >= 4 is 18.0 Å². The van der Waals surface area contributed by atoms with Gasteiger partial charge in [0.2, 0.25) is 12.3 Å². The predicted octanol–water partition coefficient (Wildman–Crippen LogP) is 3.33. The number of hydrogen-bond acceptors (Lipinski definition) is 3. The Bertz CT molecular complexity index is 1170. The molecule has 0 unspecified atom stereocenters. The summed E-state index contributed by atoms with van der Waals surface area (Å²) in [6.45, 7) is 3.98. The molecule has 3 aromatic carbocycles. The first-order valence-corrected chi connectivity index (χ1v) is 10.5. The Morgan fingerprint density at radius 1 is 1.00 bits per heavy atom. The zero-order chi connectivity index (χ0) is 22.7. The summed E-state index contributed by atoms with van der Waals surface area (Å²) < 4.78 is 7.07. The summed E-state index contributed by atoms with van der Waals surface area (Å²) >= 11 is 0. The minimum atomic E-state index is -0.756. The molecule has 0 bridgehead atoms. The van der Waals surface area contributed by atoms with Crippen LogP contribution in [0.3, 0.4) is 0 Å². The second-order valence-corrected chi connectivity index (χ2v) is 7.96. The van der Waals surface area contributed by atoms with E-state index in [0.29, 0.717) is 5.56 Å². The number of amides is 2. The molecule has 1 heterocycles. The fourth-order valence-corrected chi connectivity index (χ4v) is 3.76. The number of aryl methyl sites for hydroxylation is 2. The predicted molar refractivity (Wildman–Crippen MR) is 123 cm³/mol. The Morgan fingerprint density at radius 2 is 1.66 bits per heavy atom. The highest BCUT2D eigenvalue weighted by Gasteiger charge is 2.47. The van der Waals surface area contributed by atoms with Crippen LogP contribution in [0.1, 0.15) is 38.7 Å². The molecule has 1 aliphatic rings. The van der Waals surface area contributed by atoms with Gasteiger partial charge in [-0.05, 0) is 44.2 Å². The molecule has 0 spiro atoms. The first-order chi connectivity index (χ1) is 15.4. The van der Waals surface area contributed by atoms with Gasteiger partial charge in [-0.3, -0.25) is 9.59 Å². The van der Waals surface area contributed by atoms with Gasteiger partial charge in [-0.2, -0.15) is 0 Å². The van der Waals surface area contributed by atoms with Gasteiger partial charge >= 0.3 is 5.91 Å². The van der Waals surface area contributed by atoms with Crippen LogP contribution in [-0.4, -0.2) is 35.9 Å². The number of methoxy groups -OCH3 is 1. The summed E-state index contributed by atoms with van der Waals surface area (Å²) in [5, 5.41) is 2.93. The van der Waals surface area contributed by atoms with Crippen molar-refractivity contribution in [2.24, 2.45) is 0 Å². The van der Waals surface area contributed by atoms with Gasteiger partial charge in [0.05, 0.1) is 7.11 Å². The Labute approximate surface area is 187 Å². The fraction of sp³-hybridized carbons (Fsp3) is 0.192. The van der Waals surface area contributed by atoms with Crippen LogP contribution in [0.2, 0.25) is 0 Å². The molecular weight excluding hydrogens is 402 g/mol. The third-order valence-corrected chi connectivity index (χ3v) is 5.54. The largest absolute Gasteiger partial charge is 0.497 e. The van der Waals surface area contributed by atoms with Crippen LogP contribution < -0.4 is 15.5 Å². The molecule has 32 heavy (non-hydrogen) atoms. The van der Waals surface area contributed by atoms with Crippen molar-refractivity contribution in [2.45, 2.75) is 25.9 Å². The van der Waals surface area contributed by atoms with Crippen LogP contribution in [0.25, 0.3) is 0 Å². The van der Waals surface area contributed by atoms with Gasteiger partial charge < -0.3 is 10.1 Å². The molecule has 6 nitrogen and oxygen atoms in total. The minimum absolute atomic E-state index is 0.268. The molecule has 2 amide bonds. The standard InChI is InChI=1S/C26H25N3O3/c1-17-7-11-20(12-8-17)24-23(27-25(30)21-13-9-18(2)10-14-21)26(31)28-29(24)16-19-5-4-6-22(15-19)32-3/h4-16,23-24H,1-3H3,(H-,27,28,30,31)/p+1/b29-16-/t23-,24-/m1/s1. The summed E-state index contributed by atoms with van der Waals surface area (Å²) in [7, 11) is 1.61. The molecule has 2 N–H and O–H groups in total. The topological polar surface area (TPSA) is 70.4 Å². The average Bonchev–Trinajstić information content (AvgIpc) is 3.09. The highest BCUT2D eigenvalue weighted by Crippen LogP contribution is 2.26. The van der Waals surface area contributed by atoms with E-state index in [2.05, 4.69) is 10.7 Å². The lowest BCUT2D eigenvalue weighted by atomic mass is 9.98. The summed E-state index contributed by atoms with van der Waals surface area (Å²) in [6.07, 6.45) is 1.85. The maximum atomic E-state index is 13.0. The highest BCUT2D eigenvalue weighted by atomic mass is 16.5. The Hall–Kier alpha value is -3.93. The molecule has 3 aromatic rings. The second-order valence-electron chi connectivity index (χ2n) is 7.96. The van der Waals surface area contributed by atoms with E-state index < -0.39 is 12.1 Å². The number of ether oxygens (including phenoxy) is 1. The van der Waals surface area contributed by atoms with Crippen LogP contribution in [-0.2, 0) is 4.79 Å². The fourth-order valence-electron chi connectivity index (χ4n) is 3.76. The molecule has 0 aromatic heterocycles. The number of nitrogens with one attached hydrogen (secondary N) is 2. The molecule has 2 atom stereocenters. The maximum Gasteiger partial charge on any atom is 0.304 e. The lowest BCUT2D eigenvalue weighted by molar-refractivity contribution is -0.596. The van der Waals surface area contributed by atoms with Crippen molar-refractivity contribution in [3.8, 4) is 5.75 Å². The van der Waals surface area contributed by atoms with E-state index in [9.17, 15) is 9.59 Å².